The number of benzene rings is 1. The number of aromatic nitrogens is 5. The van der Waals surface area contributed by atoms with E-state index in [0.29, 0.717) is 29.0 Å². The molecule has 0 aliphatic rings. The molecule has 0 atom stereocenters. The summed E-state index contributed by atoms with van der Waals surface area (Å²) >= 11 is 0. The minimum atomic E-state index is -0.0964. The number of rotatable bonds is 4. The van der Waals surface area contributed by atoms with Gasteiger partial charge in [-0.25, -0.2) is 9.67 Å². The molecule has 3 rings (SSSR count). The number of carbonyl (C=O) groups excluding carboxylic acids is 1. The van der Waals surface area contributed by atoms with Crippen LogP contribution < -0.4 is 5.32 Å². The summed E-state index contributed by atoms with van der Waals surface area (Å²) in [5.74, 6) is 0.490. The average molecular weight is 282 g/mol. The summed E-state index contributed by atoms with van der Waals surface area (Å²) < 4.78 is 1.54. The van der Waals surface area contributed by atoms with Gasteiger partial charge in [0.1, 0.15) is 0 Å². The van der Waals surface area contributed by atoms with Gasteiger partial charge in [0.2, 0.25) is 0 Å². The van der Waals surface area contributed by atoms with E-state index >= 15 is 0 Å². The molecule has 7 nitrogen and oxygen atoms in total. The maximum absolute atomic E-state index is 11.9. The van der Waals surface area contributed by atoms with Crippen molar-refractivity contribution < 1.29 is 4.79 Å². The van der Waals surface area contributed by atoms with E-state index in [1.54, 1.807) is 36.8 Å². The van der Waals surface area contributed by atoms with E-state index in [0.717, 1.165) is 6.42 Å². The van der Waals surface area contributed by atoms with Gasteiger partial charge in [-0.3, -0.25) is 9.78 Å². The Hall–Kier alpha value is -2.83. The largest absolute Gasteiger partial charge is 0.352 e. The SMILES string of the molecule is CCCNC(=O)c1ccc2nc(-n3ccnn3)cnc2c1. The summed E-state index contributed by atoms with van der Waals surface area (Å²) in [6, 6.07) is 5.26. The van der Waals surface area contributed by atoms with Crippen LogP contribution in [0.5, 0.6) is 0 Å². The summed E-state index contributed by atoms with van der Waals surface area (Å²) in [5.41, 5.74) is 1.96. The highest BCUT2D eigenvalue weighted by Gasteiger charge is 2.08. The second kappa shape index (κ2) is 5.66. The molecule has 2 heterocycles. The van der Waals surface area contributed by atoms with Gasteiger partial charge >= 0.3 is 0 Å². The van der Waals surface area contributed by atoms with Gasteiger partial charge in [-0.2, -0.15) is 0 Å². The van der Waals surface area contributed by atoms with Gasteiger partial charge in [-0.15, -0.1) is 5.10 Å². The van der Waals surface area contributed by atoms with Crippen LogP contribution in [0.25, 0.3) is 16.9 Å². The maximum Gasteiger partial charge on any atom is 0.251 e. The molecule has 0 aliphatic heterocycles. The number of hydrogen-bond acceptors (Lipinski definition) is 5. The van der Waals surface area contributed by atoms with Crippen LogP contribution in [0, 0.1) is 0 Å². The normalized spacial score (nSPS) is 10.7. The third-order valence-corrected chi connectivity index (χ3v) is 2.98. The Morgan fingerprint density at radius 2 is 2.24 bits per heavy atom. The van der Waals surface area contributed by atoms with Crippen LogP contribution in [-0.4, -0.2) is 37.4 Å². The summed E-state index contributed by atoms with van der Waals surface area (Å²) in [6.45, 7) is 2.67. The number of amides is 1. The summed E-state index contributed by atoms with van der Waals surface area (Å²) in [6.07, 6.45) is 5.78. The second-order valence-electron chi connectivity index (χ2n) is 4.54. The predicted molar refractivity (Wildman–Crippen MR) is 77.1 cm³/mol. The topological polar surface area (TPSA) is 85.6 Å². The first kappa shape index (κ1) is 13.2. The highest BCUT2D eigenvalue weighted by molar-refractivity contribution is 5.97. The van der Waals surface area contributed by atoms with Crippen LogP contribution >= 0.6 is 0 Å². The van der Waals surface area contributed by atoms with Crippen LogP contribution in [0.1, 0.15) is 23.7 Å². The Kier molecular flexibility index (Phi) is 3.55. The van der Waals surface area contributed by atoms with Crippen LogP contribution in [-0.2, 0) is 0 Å². The lowest BCUT2D eigenvalue weighted by atomic mass is 10.2. The minimum Gasteiger partial charge on any atom is -0.352 e. The van der Waals surface area contributed by atoms with E-state index in [1.807, 2.05) is 6.92 Å². The fourth-order valence-corrected chi connectivity index (χ4v) is 1.92. The fourth-order valence-electron chi connectivity index (χ4n) is 1.92. The lowest BCUT2D eigenvalue weighted by molar-refractivity contribution is 0.0954. The molecule has 1 amide bonds. The second-order valence-corrected chi connectivity index (χ2v) is 4.54. The highest BCUT2D eigenvalue weighted by Crippen LogP contribution is 2.13. The summed E-state index contributed by atoms with van der Waals surface area (Å²) in [7, 11) is 0. The predicted octanol–water partition coefficient (Wildman–Crippen LogP) is 1.35. The van der Waals surface area contributed by atoms with Gasteiger partial charge in [0.25, 0.3) is 5.91 Å². The van der Waals surface area contributed by atoms with Crippen molar-refractivity contribution in [3.05, 3.63) is 42.4 Å². The van der Waals surface area contributed by atoms with E-state index in [-0.39, 0.29) is 5.91 Å². The van der Waals surface area contributed by atoms with Crippen molar-refractivity contribution in [2.24, 2.45) is 0 Å². The summed E-state index contributed by atoms with van der Waals surface area (Å²) in [4.78, 5) is 20.7. The molecule has 1 N–H and O–H groups in total. The molecule has 0 fully saturated rings. The van der Waals surface area contributed by atoms with Gasteiger partial charge in [-0.05, 0) is 24.6 Å². The zero-order chi connectivity index (χ0) is 14.7. The third kappa shape index (κ3) is 2.71. The first-order valence-corrected chi connectivity index (χ1v) is 6.69. The van der Waals surface area contributed by atoms with Crippen molar-refractivity contribution in [3.63, 3.8) is 0 Å². The number of hydrogen-bond donors (Lipinski definition) is 1. The molecule has 21 heavy (non-hydrogen) atoms. The Balaban J connectivity index is 1.93. The molecule has 3 aromatic rings. The zero-order valence-corrected chi connectivity index (χ0v) is 11.5. The molecule has 0 saturated heterocycles. The van der Waals surface area contributed by atoms with E-state index in [9.17, 15) is 4.79 Å². The van der Waals surface area contributed by atoms with Gasteiger partial charge < -0.3 is 5.32 Å². The minimum absolute atomic E-state index is 0.0964. The first-order chi connectivity index (χ1) is 10.3. The monoisotopic (exact) mass is 282 g/mol. The van der Waals surface area contributed by atoms with Gasteiger partial charge in [-0.1, -0.05) is 12.1 Å². The van der Waals surface area contributed by atoms with E-state index in [2.05, 4.69) is 25.6 Å². The molecule has 0 bridgehead atoms. The maximum atomic E-state index is 11.9. The van der Waals surface area contributed by atoms with E-state index in [1.165, 1.54) is 4.68 Å². The van der Waals surface area contributed by atoms with Gasteiger partial charge in [0, 0.05) is 12.1 Å². The Labute approximate surface area is 121 Å². The van der Waals surface area contributed by atoms with Crippen molar-refractivity contribution in [1.82, 2.24) is 30.3 Å². The van der Waals surface area contributed by atoms with Crippen LogP contribution in [0.3, 0.4) is 0 Å². The molecule has 7 heteroatoms. The number of nitrogens with zero attached hydrogens (tertiary/aromatic N) is 5. The Morgan fingerprint density at radius 3 is 3.00 bits per heavy atom. The van der Waals surface area contributed by atoms with E-state index in [4.69, 9.17) is 0 Å². The molecule has 0 unspecified atom stereocenters. The molecule has 0 radical (unpaired) electrons. The molecule has 2 aromatic heterocycles. The van der Waals surface area contributed by atoms with Crippen molar-refractivity contribution in [2.45, 2.75) is 13.3 Å². The number of fused-ring (bicyclic) bond motifs is 1. The lowest BCUT2D eigenvalue weighted by Crippen LogP contribution is -2.23. The van der Waals surface area contributed by atoms with Crippen LogP contribution in [0.4, 0.5) is 0 Å². The Morgan fingerprint density at radius 1 is 1.33 bits per heavy atom. The third-order valence-electron chi connectivity index (χ3n) is 2.98. The first-order valence-electron chi connectivity index (χ1n) is 6.69. The summed E-state index contributed by atoms with van der Waals surface area (Å²) in [5, 5.41) is 10.4. The van der Waals surface area contributed by atoms with Crippen molar-refractivity contribution in [1.29, 1.82) is 0 Å². The Bertz CT molecular complexity index is 768. The van der Waals surface area contributed by atoms with Crippen molar-refractivity contribution in [2.75, 3.05) is 6.54 Å². The quantitative estimate of drug-likeness (QED) is 0.780. The fraction of sp³-hybridized carbons (Fsp3) is 0.214. The molecular formula is C14H14N6O. The van der Waals surface area contributed by atoms with E-state index < -0.39 is 0 Å². The molecule has 0 aliphatic carbocycles. The number of carbonyl (C=O) groups is 1. The van der Waals surface area contributed by atoms with Crippen LogP contribution in [0.15, 0.2) is 36.8 Å². The molecule has 1 aromatic carbocycles. The zero-order valence-electron chi connectivity index (χ0n) is 11.5. The highest BCUT2D eigenvalue weighted by atomic mass is 16.1. The molecule has 0 saturated carbocycles. The molecular weight excluding hydrogens is 268 g/mol. The van der Waals surface area contributed by atoms with Gasteiger partial charge in [0.15, 0.2) is 5.82 Å². The van der Waals surface area contributed by atoms with Crippen molar-refractivity contribution >= 4 is 16.9 Å². The van der Waals surface area contributed by atoms with Crippen LogP contribution in [0.2, 0.25) is 0 Å². The molecule has 106 valence electrons. The lowest BCUT2D eigenvalue weighted by Gasteiger charge is -2.05. The van der Waals surface area contributed by atoms with Crippen molar-refractivity contribution in [3.8, 4) is 5.82 Å². The number of nitrogens with one attached hydrogen (secondary N) is 1. The standard InChI is InChI=1S/C14H14N6O/c1-2-5-15-14(21)10-3-4-11-12(8-10)16-9-13(18-11)20-7-6-17-19-20/h3-4,6-9H,2,5H2,1H3,(H,15,21). The molecule has 0 spiro atoms. The van der Waals surface area contributed by atoms with Gasteiger partial charge in [0.05, 0.1) is 29.6 Å². The average Bonchev–Trinajstić information content (AvgIpc) is 3.06. The smallest absolute Gasteiger partial charge is 0.251 e.